The fraction of sp³-hybridized carbons (Fsp3) is 0.400. The molecule has 1 atom stereocenters. The maximum absolute atomic E-state index is 14.2. The lowest BCUT2D eigenvalue weighted by Gasteiger charge is -2.19. The van der Waals surface area contributed by atoms with E-state index in [4.69, 9.17) is 4.74 Å². The number of nitrogens with one attached hydrogen (secondary N) is 1. The summed E-state index contributed by atoms with van der Waals surface area (Å²) in [5.74, 6) is 1.19. The van der Waals surface area contributed by atoms with E-state index in [1.54, 1.807) is 18.3 Å². The number of ether oxygens (including phenoxy) is 1. The van der Waals surface area contributed by atoms with Gasteiger partial charge in [0, 0.05) is 43.5 Å². The molecule has 2 rings (SSSR count). The minimum atomic E-state index is -0.260. The summed E-state index contributed by atoms with van der Waals surface area (Å²) in [4.78, 5) is 4.30. The zero-order chi connectivity index (χ0) is 14.5. The predicted octanol–water partition coefficient (Wildman–Crippen LogP) is 2.46. The van der Waals surface area contributed by atoms with Gasteiger partial charge in [0.25, 0.3) is 0 Å². The van der Waals surface area contributed by atoms with Crippen molar-refractivity contribution < 1.29 is 9.13 Å². The summed E-state index contributed by atoms with van der Waals surface area (Å²) < 4.78 is 21.2. The number of benzene rings is 1. The monoisotopic (exact) mass is 277 g/mol. The normalized spacial score (nSPS) is 12.4. The number of imidazole rings is 1. The SMILES string of the molecule is CCNC(Cc1nccn1C)c1ccc(OC)cc1F. The first-order chi connectivity index (χ1) is 9.65. The van der Waals surface area contributed by atoms with Crippen molar-refractivity contribution in [3.63, 3.8) is 0 Å². The minimum Gasteiger partial charge on any atom is -0.497 e. The molecule has 0 bridgehead atoms. The number of nitrogens with zero attached hydrogens (tertiary/aromatic N) is 2. The zero-order valence-electron chi connectivity index (χ0n) is 12.1. The third-order valence-corrected chi connectivity index (χ3v) is 3.34. The van der Waals surface area contributed by atoms with Gasteiger partial charge in [-0.05, 0) is 12.6 Å². The van der Waals surface area contributed by atoms with E-state index in [0.29, 0.717) is 17.7 Å². The average molecular weight is 277 g/mol. The molecule has 20 heavy (non-hydrogen) atoms. The zero-order valence-corrected chi connectivity index (χ0v) is 12.1. The van der Waals surface area contributed by atoms with Crippen LogP contribution in [0, 0.1) is 5.82 Å². The Labute approximate surface area is 118 Å². The molecule has 1 N–H and O–H groups in total. The molecule has 4 nitrogen and oxygen atoms in total. The van der Waals surface area contributed by atoms with Gasteiger partial charge in [-0.15, -0.1) is 0 Å². The summed E-state index contributed by atoms with van der Waals surface area (Å²) in [6.45, 7) is 2.77. The van der Waals surface area contributed by atoms with Crippen molar-refractivity contribution >= 4 is 0 Å². The first-order valence-corrected chi connectivity index (χ1v) is 6.68. The van der Waals surface area contributed by atoms with Gasteiger partial charge in [-0.25, -0.2) is 9.37 Å². The number of aromatic nitrogens is 2. The number of hydrogen-bond acceptors (Lipinski definition) is 3. The summed E-state index contributed by atoms with van der Waals surface area (Å²) in [7, 11) is 3.47. The Hall–Kier alpha value is -1.88. The Bertz CT molecular complexity index is 568. The fourth-order valence-corrected chi connectivity index (χ4v) is 2.23. The number of halogens is 1. The average Bonchev–Trinajstić information content (AvgIpc) is 2.84. The summed E-state index contributed by atoms with van der Waals surface area (Å²) in [6.07, 6.45) is 4.28. The Morgan fingerprint density at radius 3 is 2.80 bits per heavy atom. The molecule has 2 aromatic rings. The van der Waals surface area contributed by atoms with E-state index in [0.717, 1.165) is 12.4 Å². The van der Waals surface area contributed by atoms with Crippen LogP contribution in [0.2, 0.25) is 0 Å². The van der Waals surface area contributed by atoms with Crippen LogP contribution in [0.25, 0.3) is 0 Å². The molecular weight excluding hydrogens is 257 g/mol. The molecule has 0 spiro atoms. The molecule has 0 amide bonds. The van der Waals surface area contributed by atoms with Crippen LogP contribution in [0.3, 0.4) is 0 Å². The van der Waals surface area contributed by atoms with E-state index in [2.05, 4.69) is 10.3 Å². The molecule has 0 aliphatic rings. The van der Waals surface area contributed by atoms with Crippen LogP contribution in [-0.4, -0.2) is 23.2 Å². The third kappa shape index (κ3) is 3.17. The Kier molecular flexibility index (Phi) is 4.74. The molecule has 0 aliphatic carbocycles. The second kappa shape index (κ2) is 6.52. The quantitative estimate of drug-likeness (QED) is 0.881. The van der Waals surface area contributed by atoms with Gasteiger partial charge in [0.15, 0.2) is 0 Å². The number of hydrogen-bond donors (Lipinski definition) is 1. The number of likely N-dealkylation sites (N-methyl/N-ethyl adjacent to an activating group) is 1. The lowest BCUT2D eigenvalue weighted by Crippen LogP contribution is -2.25. The maximum atomic E-state index is 14.2. The maximum Gasteiger partial charge on any atom is 0.131 e. The number of methoxy groups -OCH3 is 1. The van der Waals surface area contributed by atoms with E-state index in [-0.39, 0.29) is 11.9 Å². The second-order valence-electron chi connectivity index (χ2n) is 4.66. The molecule has 0 fully saturated rings. The lowest BCUT2D eigenvalue weighted by atomic mass is 10.0. The first-order valence-electron chi connectivity index (χ1n) is 6.68. The number of aryl methyl sites for hydroxylation is 1. The molecule has 1 aromatic carbocycles. The molecule has 1 unspecified atom stereocenters. The summed E-state index contributed by atoms with van der Waals surface area (Å²) in [5, 5.41) is 3.31. The Balaban J connectivity index is 2.26. The topological polar surface area (TPSA) is 39.1 Å². The highest BCUT2D eigenvalue weighted by molar-refractivity contribution is 5.31. The van der Waals surface area contributed by atoms with Gasteiger partial charge >= 0.3 is 0 Å². The highest BCUT2D eigenvalue weighted by atomic mass is 19.1. The Morgan fingerprint density at radius 2 is 2.25 bits per heavy atom. The van der Waals surface area contributed by atoms with Crippen LogP contribution >= 0.6 is 0 Å². The van der Waals surface area contributed by atoms with Crippen molar-refractivity contribution in [2.45, 2.75) is 19.4 Å². The lowest BCUT2D eigenvalue weighted by molar-refractivity contribution is 0.409. The van der Waals surface area contributed by atoms with Gasteiger partial charge in [-0.2, -0.15) is 0 Å². The van der Waals surface area contributed by atoms with Crippen molar-refractivity contribution in [3.05, 3.63) is 47.8 Å². The van der Waals surface area contributed by atoms with Crippen molar-refractivity contribution in [1.29, 1.82) is 0 Å². The van der Waals surface area contributed by atoms with Crippen molar-refractivity contribution in [2.24, 2.45) is 7.05 Å². The standard InChI is InChI=1S/C15H20FN3O/c1-4-17-14(10-15-18-7-8-19(15)2)12-6-5-11(20-3)9-13(12)16/h5-9,14,17H,4,10H2,1-3H3. The minimum absolute atomic E-state index is 0.105. The van der Waals surface area contributed by atoms with Crippen molar-refractivity contribution in [3.8, 4) is 5.75 Å². The Morgan fingerprint density at radius 1 is 1.45 bits per heavy atom. The van der Waals surface area contributed by atoms with Gasteiger partial charge in [0.2, 0.25) is 0 Å². The van der Waals surface area contributed by atoms with Crippen LogP contribution in [0.1, 0.15) is 24.4 Å². The first kappa shape index (κ1) is 14.5. The second-order valence-corrected chi connectivity index (χ2v) is 4.66. The van der Waals surface area contributed by atoms with Crippen molar-refractivity contribution in [2.75, 3.05) is 13.7 Å². The molecule has 0 saturated carbocycles. The van der Waals surface area contributed by atoms with E-state index >= 15 is 0 Å². The smallest absolute Gasteiger partial charge is 0.131 e. The molecular formula is C15H20FN3O. The van der Waals surface area contributed by atoms with E-state index in [1.165, 1.54) is 13.2 Å². The van der Waals surface area contributed by atoms with Gasteiger partial charge in [-0.3, -0.25) is 0 Å². The fourth-order valence-electron chi connectivity index (χ4n) is 2.23. The molecule has 1 aromatic heterocycles. The predicted molar refractivity (Wildman–Crippen MR) is 76.3 cm³/mol. The molecule has 0 radical (unpaired) electrons. The third-order valence-electron chi connectivity index (χ3n) is 3.34. The van der Waals surface area contributed by atoms with Crippen LogP contribution in [0.15, 0.2) is 30.6 Å². The molecule has 5 heteroatoms. The van der Waals surface area contributed by atoms with E-state index < -0.39 is 0 Å². The van der Waals surface area contributed by atoms with Gasteiger partial charge in [0.05, 0.1) is 7.11 Å². The van der Waals surface area contributed by atoms with Gasteiger partial charge in [0.1, 0.15) is 17.4 Å². The van der Waals surface area contributed by atoms with Crippen LogP contribution in [-0.2, 0) is 13.5 Å². The van der Waals surface area contributed by atoms with E-state index in [1.807, 2.05) is 24.7 Å². The van der Waals surface area contributed by atoms with Crippen LogP contribution < -0.4 is 10.1 Å². The summed E-state index contributed by atoms with van der Waals surface area (Å²) in [5.41, 5.74) is 0.635. The van der Waals surface area contributed by atoms with Gasteiger partial charge in [-0.1, -0.05) is 13.0 Å². The molecule has 0 aliphatic heterocycles. The summed E-state index contributed by atoms with van der Waals surface area (Å²) in [6, 6.07) is 4.86. The van der Waals surface area contributed by atoms with Crippen LogP contribution in [0.5, 0.6) is 5.75 Å². The van der Waals surface area contributed by atoms with Gasteiger partial charge < -0.3 is 14.6 Å². The highest BCUT2D eigenvalue weighted by Gasteiger charge is 2.17. The molecule has 1 heterocycles. The van der Waals surface area contributed by atoms with E-state index in [9.17, 15) is 4.39 Å². The largest absolute Gasteiger partial charge is 0.497 e. The van der Waals surface area contributed by atoms with Crippen molar-refractivity contribution in [1.82, 2.24) is 14.9 Å². The number of rotatable bonds is 6. The molecule has 0 saturated heterocycles. The highest BCUT2D eigenvalue weighted by Crippen LogP contribution is 2.24. The molecule has 108 valence electrons. The van der Waals surface area contributed by atoms with Crippen LogP contribution in [0.4, 0.5) is 4.39 Å². The summed E-state index contributed by atoms with van der Waals surface area (Å²) >= 11 is 0.